The first kappa shape index (κ1) is 16.4. The van der Waals surface area contributed by atoms with Crippen molar-refractivity contribution in [3.05, 3.63) is 28.5 Å². The Labute approximate surface area is 122 Å². The summed E-state index contributed by atoms with van der Waals surface area (Å²) >= 11 is 3.10. The van der Waals surface area contributed by atoms with Gasteiger partial charge in [0.25, 0.3) is 0 Å². The molecule has 3 nitrogen and oxygen atoms in total. The molecule has 108 valence electrons. The van der Waals surface area contributed by atoms with Gasteiger partial charge < -0.3 is 14.8 Å². The van der Waals surface area contributed by atoms with Crippen LogP contribution in [0.1, 0.15) is 20.3 Å². The van der Waals surface area contributed by atoms with Gasteiger partial charge in [-0.05, 0) is 54.9 Å². The molecule has 0 heterocycles. The van der Waals surface area contributed by atoms with Crippen molar-refractivity contribution in [1.29, 1.82) is 0 Å². The number of rotatable bonds is 9. The summed E-state index contributed by atoms with van der Waals surface area (Å²) in [5.74, 6) is 0.238. The second-order valence-electron chi connectivity index (χ2n) is 4.45. The number of hydrogen-bond acceptors (Lipinski definition) is 3. The molecule has 1 rings (SSSR count). The van der Waals surface area contributed by atoms with Gasteiger partial charge >= 0.3 is 0 Å². The van der Waals surface area contributed by atoms with Gasteiger partial charge in [0.15, 0.2) is 0 Å². The summed E-state index contributed by atoms with van der Waals surface area (Å²) < 4.78 is 24.5. The third-order valence-corrected chi connectivity index (χ3v) is 3.03. The fourth-order valence-electron chi connectivity index (χ4n) is 1.45. The van der Waals surface area contributed by atoms with Crippen molar-refractivity contribution in [2.24, 2.45) is 0 Å². The molecule has 0 spiro atoms. The minimum absolute atomic E-state index is 0.288. The van der Waals surface area contributed by atoms with E-state index < -0.39 is 0 Å². The van der Waals surface area contributed by atoms with E-state index in [2.05, 4.69) is 21.2 Å². The molecule has 0 aliphatic carbocycles. The minimum atomic E-state index is -0.309. The third kappa shape index (κ3) is 7.50. The van der Waals surface area contributed by atoms with Crippen LogP contribution in [0.5, 0.6) is 5.75 Å². The number of halogens is 2. The fourth-order valence-corrected chi connectivity index (χ4v) is 1.70. The van der Waals surface area contributed by atoms with Crippen molar-refractivity contribution in [1.82, 2.24) is 5.32 Å². The second-order valence-corrected chi connectivity index (χ2v) is 5.30. The molecule has 19 heavy (non-hydrogen) atoms. The van der Waals surface area contributed by atoms with E-state index in [4.69, 9.17) is 9.47 Å². The first-order chi connectivity index (χ1) is 9.09. The van der Waals surface area contributed by atoms with E-state index >= 15 is 0 Å². The third-order valence-electron chi connectivity index (χ3n) is 2.39. The topological polar surface area (TPSA) is 30.5 Å². The Bertz CT molecular complexity index is 374. The summed E-state index contributed by atoms with van der Waals surface area (Å²) in [5, 5.41) is 3.25. The van der Waals surface area contributed by atoms with Gasteiger partial charge in [-0.15, -0.1) is 0 Å². The van der Waals surface area contributed by atoms with Crippen LogP contribution in [0.15, 0.2) is 22.7 Å². The molecule has 0 aliphatic rings. The summed E-state index contributed by atoms with van der Waals surface area (Å²) in [4.78, 5) is 0. The standard InChI is InChI=1S/C14H21BrFNO2/c1-11(2)18-8-3-6-17-7-9-19-12-4-5-13(15)14(16)10-12/h4-5,10-11,17H,3,6-9H2,1-2H3. The number of hydrogen-bond donors (Lipinski definition) is 1. The molecule has 0 aliphatic heterocycles. The zero-order valence-corrected chi connectivity index (χ0v) is 13.0. The second kappa shape index (κ2) is 9.28. The summed E-state index contributed by atoms with van der Waals surface area (Å²) in [6.07, 6.45) is 1.26. The van der Waals surface area contributed by atoms with Crippen LogP contribution >= 0.6 is 15.9 Å². The Morgan fingerprint density at radius 3 is 2.74 bits per heavy atom. The molecule has 0 bridgehead atoms. The predicted octanol–water partition coefficient (Wildman–Crippen LogP) is 3.37. The largest absolute Gasteiger partial charge is 0.492 e. The van der Waals surface area contributed by atoms with Crippen molar-refractivity contribution < 1.29 is 13.9 Å². The van der Waals surface area contributed by atoms with Gasteiger partial charge in [0.05, 0.1) is 10.6 Å². The number of benzene rings is 1. The van der Waals surface area contributed by atoms with Crippen LogP contribution in [0.2, 0.25) is 0 Å². The van der Waals surface area contributed by atoms with Crippen LogP contribution in [0, 0.1) is 5.82 Å². The molecule has 0 saturated heterocycles. The molecule has 1 N–H and O–H groups in total. The van der Waals surface area contributed by atoms with Crippen molar-refractivity contribution in [2.75, 3.05) is 26.3 Å². The lowest BCUT2D eigenvalue weighted by Crippen LogP contribution is -2.23. The molecule has 1 aromatic carbocycles. The zero-order valence-electron chi connectivity index (χ0n) is 11.4. The van der Waals surface area contributed by atoms with Gasteiger partial charge in [0.1, 0.15) is 18.2 Å². The molecule has 0 radical (unpaired) electrons. The zero-order chi connectivity index (χ0) is 14.1. The highest BCUT2D eigenvalue weighted by atomic mass is 79.9. The molecule has 0 fully saturated rings. The quantitative estimate of drug-likeness (QED) is 0.703. The summed E-state index contributed by atoms with van der Waals surface area (Å²) in [6, 6.07) is 4.76. The van der Waals surface area contributed by atoms with E-state index in [1.54, 1.807) is 12.1 Å². The highest BCUT2D eigenvalue weighted by molar-refractivity contribution is 9.10. The van der Waals surface area contributed by atoms with Crippen molar-refractivity contribution >= 4 is 15.9 Å². The predicted molar refractivity (Wildman–Crippen MR) is 78.2 cm³/mol. The molecule has 0 atom stereocenters. The van der Waals surface area contributed by atoms with Gasteiger partial charge in [-0.3, -0.25) is 0 Å². The summed E-state index contributed by atoms with van der Waals surface area (Å²) in [6.45, 7) is 6.97. The van der Waals surface area contributed by atoms with E-state index in [0.717, 1.165) is 26.1 Å². The molecular formula is C14H21BrFNO2. The highest BCUT2D eigenvalue weighted by Gasteiger charge is 2.01. The first-order valence-electron chi connectivity index (χ1n) is 6.49. The smallest absolute Gasteiger partial charge is 0.141 e. The maximum Gasteiger partial charge on any atom is 0.141 e. The molecule has 0 amide bonds. The van der Waals surface area contributed by atoms with Crippen LogP contribution in [-0.2, 0) is 4.74 Å². The lowest BCUT2D eigenvalue weighted by atomic mass is 10.3. The Morgan fingerprint density at radius 2 is 2.05 bits per heavy atom. The van der Waals surface area contributed by atoms with Crippen LogP contribution in [0.4, 0.5) is 4.39 Å². The van der Waals surface area contributed by atoms with Crippen molar-refractivity contribution in [3.63, 3.8) is 0 Å². The van der Waals surface area contributed by atoms with Gasteiger partial charge in [0, 0.05) is 19.2 Å². The molecule has 0 aromatic heterocycles. The van der Waals surface area contributed by atoms with Crippen molar-refractivity contribution in [2.45, 2.75) is 26.4 Å². The molecule has 1 aromatic rings. The fraction of sp³-hybridized carbons (Fsp3) is 0.571. The van der Waals surface area contributed by atoms with E-state index in [0.29, 0.717) is 16.8 Å². The molecule has 0 saturated carbocycles. The van der Waals surface area contributed by atoms with E-state index in [1.807, 2.05) is 13.8 Å². The monoisotopic (exact) mass is 333 g/mol. The van der Waals surface area contributed by atoms with Crippen LogP contribution in [0.25, 0.3) is 0 Å². The normalized spacial score (nSPS) is 11.0. The highest BCUT2D eigenvalue weighted by Crippen LogP contribution is 2.20. The average molecular weight is 334 g/mol. The maximum absolute atomic E-state index is 13.2. The van der Waals surface area contributed by atoms with Gasteiger partial charge in [-0.2, -0.15) is 0 Å². The minimum Gasteiger partial charge on any atom is -0.492 e. The summed E-state index contributed by atoms with van der Waals surface area (Å²) in [7, 11) is 0. The van der Waals surface area contributed by atoms with E-state index in [9.17, 15) is 4.39 Å². The van der Waals surface area contributed by atoms with Crippen LogP contribution in [0.3, 0.4) is 0 Å². The number of nitrogens with one attached hydrogen (secondary N) is 1. The Kier molecular flexibility index (Phi) is 8.02. The Morgan fingerprint density at radius 1 is 1.26 bits per heavy atom. The van der Waals surface area contributed by atoms with Gasteiger partial charge in [-0.25, -0.2) is 4.39 Å². The van der Waals surface area contributed by atoms with Gasteiger partial charge in [-0.1, -0.05) is 0 Å². The Balaban J connectivity index is 2.03. The number of ether oxygens (including phenoxy) is 2. The van der Waals surface area contributed by atoms with Crippen LogP contribution < -0.4 is 10.1 Å². The molecular weight excluding hydrogens is 313 g/mol. The maximum atomic E-state index is 13.2. The average Bonchev–Trinajstić information content (AvgIpc) is 2.36. The Hall–Kier alpha value is -0.650. The SMILES string of the molecule is CC(C)OCCCNCCOc1ccc(Br)c(F)c1. The van der Waals surface area contributed by atoms with E-state index in [-0.39, 0.29) is 11.9 Å². The van der Waals surface area contributed by atoms with Crippen LogP contribution in [-0.4, -0.2) is 32.4 Å². The van der Waals surface area contributed by atoms with Crippen molar-refractivity contribution in [3.8, 4) is 5.75 Å². The summed E-state index contributed by atoms with van der Waals surface area (Å²) in [5.41, 5.74) is 0. The lowest BCUT2D eigenvalue weighted by Gasteiger charge is -2.09. The van der Waals surface area contributed by atoms with Gasteiger partial charge in [0.2, 0.25) is 0 Å². The molecule has 0 unspecified atom stereocenters. The molecule has 5 heteroatoms. The first-order valence-corrected chi connectivity index (χ1v) is 7.29. The van der Waals surface area contributed by atoms with E-state index in [1.165, 1.54) is 6.07 Å². The lowest BCUT2D eigenvalue weighted by molar-refractivity contribution is 0.0770.